The number of ether oxygens (including phenoxy) is 1. The third-order valence-corrected chi connectivity index (χ3v) is 1.16. The predicted molar refractivity (Wildman–Crippen MR) is 45.2 cm³/mol. The summed E-state index contributed by atoms with van der Waals surface area (Å²) in [5.74, 6) is -1.20. The van der Waals surface area contributed by atoms with Gasteiger partial charge in [0.2, 0.25) is 0 Å². The van der Waals surface area contributed by atoms with Gasteiger partial charge in [-0.05, 0) is 0 Å². The number of amides is 1. The summed E-state index contributed by atoms with van der Waals surface area (Å²) in [5, 5.41) is 10.5. The number of hydrogen-bond acceptors (Lipinski definition) is 4. The molecule has 74 valence electrons. The van der Waals surface area contributed by atoms with Crippen LogP contribution in [0.5, 0.6) is 0 Å². The van der Waals surface area contributed by atoms with Gasteiger partial charge in [0.25, 0.3) is 0 Å². The van der Waals surface area contributed by atoms with E-state index in [-0.39, 0.29) is 13.2 Å². The molecule has 0 aromatic heterocycles. The van der Waals surface area contributed by atoms with Gasteiger partial charge in [0, 0.05) is 6.54 Å². The van der Waals surface area contributed by atoms with Crippen LogP contribution in [0.3, 0.4) is 0 Å². The Balaban J connectivity index is 3.86. The number of carbonyl (C=O) groups excluding carboxylic acids is 1. The quantitative estimate of drug-likeness (QED) is 0.496. The number of alkyl carbamates (subject to hydrolysis) is 1. The molecule has 0 saturated heterocycles. The van der Waals surface area contributed by atoms with Crippen molar-refractivity contribution in [3.8, 4) is 0 Å². The Labute approximate surface area is 75.4 Å². The van der Waals surface area contributed by atoms with Gasteiger partial charge in [-0.2, -0.15) is 0 Å². The largest absolute Gasteiger partial charge is 0.480 e. The number of carboxylic acid groups (broad SMARTS) is 1. The van der Waals surface area contributed by atoms with Crippen molar-refractivity contribution in [2.24, 2.45) is 5.73 Å². The Bertz CT molecular complexity index is 205. The summed E-state index contributed by atoms with van der Waals surface area (Å²) in [4.78, 5) is 21.1. The average molecular weight is 188 g/mol. The van der Waals surface area contributed by atoms with Gasteiger partial charge in [-0.15, -0.1) is 0 Å². The summed E-state index contributed by atoms with van der Waals surface area (Å²) >= 11 is 0. The van der Waals surface area contributed by atoms with Gasteiger partial charge in [-0.25, -0.2) is 9.59 Å². The van der Waals surface area contributed by atoms with E-state index < -0.39 is 18.1 Å². The van der Waals surface area contributed by atoms with Gasteiger partial charge in [0.15, 0.2) is 0 Å². The summed E-state index contributed by atoms with van der Waals surface area (Å²) in [6.45, 7) is 3.17. The van der Waals surface area contributed by atoms with Gasteiger partial charge < -0.3 is 20.9 Å². The van der Waals surface area contributed by atoms with E-state index in [9.17, 15) is 9.59 Å². The van der Waals surface area contributed by atoms with Crippen LogP contribution in [0.25, 0.3) is 0 Å². The molecular formula is C7H12N2O4. The molecule has 4 N–H and O–H groups in total. The molecule has 0 bridgehead atoms. The van der Waals surface area contributed by atoms with Gasteiger partial charge >= 0.3 is 12.1 Å². The van der Waals surface area contributed by atoms with Gasteiger partial charge in [-0.3, -0.25) is 0 Å². The fourth-order valence-corrected chi connectivity index (χ4v) is 0.540. The maximum Gasteiger partial charge on any atom is 0.408 e. The first-order valence-electron chi connectivity index (χ1n) is 3.58. The van der Waals surface area contributed by atoms with Crippen molar-refractivity contribution in [1.29, 1.82) is 0 Å². The number of rotatable bonds is 5. The molecule has 0 aliphatic heterocycles. The van der Waals surface area contributed by atoms with Crippen molar-refractivity contribution >= 4 is 12.1 Å². The van der Waals surface area contributed by atoms with Crippen molar-refractivity contribution in [1.82, 2.24) is 5.32 Å². The molecule has 6 heteroatoms. The number of aliphatic carboxylic acids is 1. The smallest absolute Gasteiger partial charge is 0.408 e. The van der Waals surface area contributed by atoms with Crippen molar-refractivity contribution in [3.63, 3.8) is 0 Å². The van der Waals surface area contributed by atoms with Crippen molar-refractivity contribution in [2.75, 3.05) is 13.2 Å². The number of hydrogen-bond donors (Lipinski definition) is 3. The highest BCUT2D eigenvalue weighted by Gasteiger charge is 2.17. The van der Waals surface area contributed by atoms with E-state index in [1.165, 1.54) is 6.08 Å². The van der Waals surface area contributed by atoms with E-state index in [1.807, 2.05) is 0 Å². The normalized spacial score (nSPS) is 11.5. The molecule has 0 unspecified atom stereocenters. The number of carbonyl (C=O) groups is 2. The first-order valence-corrected chi connectivity index (χ1v) is 3.58. The zero-order chi connectivity index (χ0) is 10.3. The minimum Gasteiger partial charge on any atom is -0.480 e. The topological polar surface area (TPSA) is 102 Å². The van der Waals surface area contributed by atoms with Crippen LogP contribution in [0.15, 0.2) is 12.7 Å². The minimum absolute atomic E-state index is 0.0305. The van der Waals surface area contributed by atoms with Crippen LogP contribution in [0.2, 0.25) is 0 Å². The lowest BCUT2D eigenvalue weighted by molar-refractivity contribution is -0.139. The molecule has 0 aliphatic carbocycles. The van der Waals surface area contributed by atoms with Crippen molar-refractivity contribution < 1.29 is 19.4 Å². The predicted octanol–water partition coefficient (Wildman–Crippen LogP) is -0.689. The second kappa shape index (κ2) is 6.01. The zero-order valence-electron chi connectivity index (χ0n) is 7.03. The van der Waals surface area contributed by atoms with Crippen LogP contribution >= 0.6 is 0 Å². The molecule has 13 heavy (non-hydrogen) atoms. The summed E-state index contributed by atoms with van der Waals surface area (Å²) in [5.41, 5.74) is 5.08. The summed E-state index contributed by atoms with van der Waals surface area (Å²) < 4.78 is 4.49. The van der Waals surface area contributed by atoms with Gasteiger partial charge in [0.05, 0.1) is 0 Å². The van der Waals surface area contributed by atoms with Crippen LogP contribution < -0.4 is 11.1 Å². The fraction of sp³-hybridized carbons (Fsp3) is 0.429. The Kier molecular flexibility index (Phi) is 5.29. The SMILES string of the molecule is C=CCOC(=O)N[C@H](CN)C(=O)O. The highest BCUT2D eigenvalue weighted by atomic mass is 16.5. The Morgan fingerprint density at radius 2 is 2.31 bits per heavy atom. The molecule has 0 aliphatic rings. The van der Waals surface area contributed by atoms with Crippen LogP contribution in [0, 0.1) is 0 Å². The molecule has 0 aromatic rings. The minimum atomic E-state index is -1.20. The second-order valence-corrected chi connectivity index (χ2v) is 2.16. The molecule has 0 radical (unpaired) electrons. The molecule has 0 spiro atoms. The monoisotopic (exact) mass is 188 g/mol. The van der Waals surface area contributed by atoms with Crippen LogP contribution in [0.4, 0.5) is 4.79 Å². The average Bonchev–Trinajstić information content (AvgIpc) is 2.10. The molecule has 0 heterocycles. The second-order valence-electron chi connectivity index (χ2n) is 2.16. The fourth-order valence-electron chi connectivity index (χ4n) is 0.540. The standard InChI is InChI=1S/C7H12N2O4/c1-2-3-13-7(12)9-5(4-8)6(10)11/h2,5H,1,3-4,8H2,(H,9,12)(H,10,11)/t5-/m1/s1. The summed E-state index contributed by atoms with van der Waals surface area (Å²) in [6, 6.07) is -1.11. The van der Waals surface area contributed by atoms with E-state index >= 15 is 0 Å². The molecule has 1 amide bonds. The van der Waals surface area contributed by atoms with E-state index in [2.05, 4.69) is 16.6 Å². The Morgan fingerprint density at radius 3 is 2.69 bits per heavy atom. The van der Waals surface area contributed by atoms with Crippen molar-refractivity contribution in [3.05, 3.63) is 12.7 Å². The summed E-state index contributed by atoms with van der Waals surface area (Å²) in [7, 11) is 0. The van der Waals surface area contributed by atoms with E-state index in [0.29, 0.717) is 0 Å². The number of nitrogens with two attached hydrogens (primary N) is 1. The summed E-state index contributed by atoms with van der Waals surface area (Å²) in [6.07, 6.45) is 0.551. The lowest BCUT2D eigenvalue weighted by atomic mass is 10.3. The van der Waals surface area contributed by atoms with Crippen LogP contribution in [-0.2, 0) is 9.53 Å². The molecule has 0 rings (SSSR count). The first kappa shape index (κ1) is 11.4. The Hall–Kier alpha value is -1.56. The maximum absolute atomic E-state index is 10.8. The molecular weight excluding hydrogens is 176 g/mol. The lowest BCUT2D eigenvalue weighted by Crippen LogP contribution is -2.45. The highest BCUT2D eigenvalue weighted by Crippen LogP contribution is 1.84. The van der Waals surface area contributed by atoms with E-state index in [0.717, 1.165) is 0 Å². The van der Waals surface area contributed by atoms with Crippen LogP contribution in [0.1, 0.15) is 0 Å². The highest BCUT2D eigenvalue weighted by molar-refractivity contribution is 5.80. The third-order valence-electron chi connectivity index (χ3n) is 1.16. The molecule has 1 atom stereocenters. The molecule has 0 saturated carbocycles. The maximum atomic E-state index is 10.8. The lowest BCUT2D eigenvalue weighted by Gasteiger charge is -2.11. The number of carboxylic acids is 1. The molecule has 6 nitrogen and oxygen atoms in total. The number of nitrogens with one attached hydrogen (secondary N) is 1. The van der Waals surface area contributed by atoms with Gasteiger partial charge in [0.1, 0.15) is 12.6 Å². The van der Waals surface area contributed by atoms with Gasteiger partial charge in [-0.1, -0.05) is 12.7 Å². The zero-order valence-corrected chi connectivity index (χ0v) is 7.03. The Morgan fingerprint density at radius 1 is 1.69 bits per heavy atom. The van der Waals surface area contributed by atoms with Crippen LogP contribution in [-0.4, -0.2) is 36.4 Å². The molecule has 0 fully saturated rings. The van der Waals surface area contributed by atoms with E-state index in [1.54, 1.807) is 0 Å². The first-order chi connectivity index (χ1) is 6.11. The van der Waals surface area contributed by atoms with Crippen molar-refractivity contribution in [2.45, 2.75) is 6.04 Å². The molecule has 0 aromatic carbocycles. The third kappa shape index (κ3) is 4.81. The van der Waals surface area contributed by atoms with E-state index in [4.69, 9.17) is 10.8 Å².